The quantitative estimate of drug-likeness (QED) is 0.495. The lowest BCUT2D eigenvalue weighted by atomic mass is 10.1. The molecule has 0 aromatic rings. The van der Waals surface area contributed by atoms with Crippen molar-refractivity contribution in [2.75, 3.05) is 6.54 Å². The van der Waals surface area contributed by atoms with E-state index in [1.54, 1.807) is 6.08 Å². The van der Waals surface area contributed by atoms with Crippen molar-refractivity contribution in [3.63, 3.8) is 0 Å². The van der Waals surface area contributed by atoms with E-state index in [9.17, 15) is 9.59 Å². The van der Waals surface area contributed by atoms with Crippen molar-refractivity contribution in [3.8, 4) is 0 Å². The Morgan fingerprint density at radius 2 is 2.54 bits per heavy atom. The van der Waals surface area contributed by atoms with Gasteiger partial charge in [0.2, 0.25) is 5.91 Å². The Kier molecular flexibility index (Phi) is 3.02. The fraction of sp³-hybridized carbons (Fsp3) is 0.500. The van der Waals surface area contributed by atoms with E-state index in [0.717, 1.165) is 0 Å². The van der Waals surface area contributed by atoms with Crippen LogP contribution in [0.25, 0.3) is 0 Å². The lowest BCUT2D eigenvalue weighted by molar-refractivity contribution is -0.166. The Labute approximate surface area is 76.3 Å². The Hall–Kier alpha value is -1.36. The number of hydrogen-bond donors (Lipinski definition) is 1. The summed E-state index contributed by atoms with van der Waals surface area (Å²) in [6.45, 7) is 5.33. The van der Waals surface area contributed by atoms with Gasteiger partial charge in [-0.1, -0.05) is 11.7 Å². The molecule has 0 saturated carbocycles. The molecule has 1 fully saturated rings. The van der Waals surface area contributed by atoms with Crippen LogP contribution in [0.2, 0.25) is 0 Å². The Balaban J connectivity index is 2.41. The molecule has 1 aliphatic heterocycles. The van der Waals surface area contributed by atoms with Crippen LogP contribution in [0.15, 0.2) is 12.7 Å². The highest BCUT2D eigenvalue weighted by Crippen LogP contribution is 2.16. The molecule has 1 amide bonds. The largest absolute Gasteiger partial charge is 0.351 e. The van der Waals surface area contributed by atoms with E-state index in [-0.39, 0.29) is 11.8 Å². The molecule has 0 bridgehead atoms. The van der Waals surface area contributed by atoms with Gasteiger partial charge in [0.25, 0.3) is 0 Å². The molecule has 0 aromatic heterocycles. The summed E-state index contributed by atoms with van der Waals surface area (Å²) in [6.07, 6.45) is 2.30. The molecule has 1 saturated heterocycles. The molecule has 5 heteroatoms. The van der Waals surface area contributed by atoms with E-state index in [1.807, 2.05) is 0 Å². The summed E-state index contributed by atoms with van der Waals surface area (Å²) >= 11 is 0. The summed E-state index contributed by atoms with van der Waals surface area (Å²) in [5.74, 6) is -0.755. The number of nitrogens with zero attached hydrogens (tertiary/aromatic N) is 1. The van der Waals surface area contributed by atoms with Crippen LogP contribution in [0.1, 0.15) is 13.3 Å². The van der Waals surface area contributed by atoms with Crippen molar-refractivity contribution in [1.82, 2.24) is 10.6 Å². The third-order valence-corrected chi connectivity index (χ3v) is 1.83. The van der Waals surface area contributed by atoms with Crippen LogP contribution in [0.3, 0.4) is 0 Å². The summed E-state index contributed by atoms with van der Waals surface area (Å²) in [4.78, 5) is 26.2. The third kappa shape index (κ3) is 2.29. The first-order valence-electron chi connectivity index (χ1n) is 4.02. The van der Waals surface area contributed by atoms with E-state index in [4.69, 9.17) is 0 Å². The average Bonchev–Trinajstić information content (AvgIpc) is 2.43. The fourth-order valence-corrected chi connectivity index (χ4v) is 1.13. The van der Waals surface area contributed by atoms with E-state index < -0.39 is 5.97 Å². The van der Waals surface area contributed by atoms with Crippen molar-refractivity contribution < 1.29 is 14.4 Å². The van der Waals surface area contributed by atoms with E-state index in [0.29, 0.717) is 13.0 Å². The van der Waals surface area contributed by atoms with Gasteiger partial charge in [0.1, 0.15) is 0 Å². The van der Waals surface area contributed by atoms with Crippen LogP contribution >= 0.6 is 0 Å². The van der Waals surface area contributed by atoms with Gasteiger partial charge in [0.05, 0.1) is 5.92 Å². The van der Waals surface area contributed by atoms with Gasteiger partial charge in [-0.2, -0.15) is 0 Å². The number of carbonyl (C=O) groups is 2. The van der Waals surface area contributed by atoms with Crippen molar-refractivity contribution in [3.05, 3.63) is 12.7 Å². The van der Waals surface area contributed by atoms with Gasteiger partial charge < -0.3 is 4.84 Å². The molecule has 0 radical (unpaired) electrons. The molecule has 1 atom stereocenters. The number of hydrogen-bond acceptors (Lipinski definition) is 4. The minimum Gasteiger partial charge on any atom is -0.351 e. The molecule has 5 nitrogen and oxygen atoms in total. The first-order chi connectivity index (χ1) is 6.15. The second-order valence-electron chi connectivity index (χ2n) is 2.81. The monoisotopic (exact) mass is 184 g/mol. The molecular weight excluding hydrogens is 172 g/mol. The van der Waals surface area contributed by atoms with Crippen molar-refractivity contribution >= 4 is 11.9 Å². The second-order valence-corrected chi connectivity index (χ2v) is 2.81. The highest BCUT2D eigenvalue weighted by atomic mass is 16.7. The van der Waals surface area contributed by atoms with Gasteiger partial charge in [-0.15, -0.1) is 6.58 Å². The maximum absolute atomic E-state index is 11.3. The Morgan fingerprint density at radius 3 is 3.00 bits per heavy atom. The minimum absolute atomic E-state index is 0.115. The third-order valence-electron chi connectivity index (χ3n) is 1.83. The van der Waals surface area contributed by atoms with Crippen LogP contribution in [-0.2, 0) is 14.4 Å². The van der Waals surface area contributed by atoms with E-state index in [1.165, 1.54) is 11.9 Å². The SMILES string of the molecule is C=CC1CCN(NOC(C)=O)C1=O. The number of rotatable bonds is 3. The second kappa shape index (κ2) is 4.04. The zero-order valence-electron chi connectivity index (χ0n) is 7.45. The lowest BCUT2D eigenvalue weighted by Crippen LogP contribution is -2.40. The van der Waals surface area contributed by atoms with Crippen LogP contribution in [0, 0.1) is 5.92 Å². The van der Waals surface area contributed by atoms with E-state index in [2.05, 4.69) is 17.0 Å². The van der Waals surface area contributed by atoms with Gasteiger partial charge in [-0.25, -0.2) is 5.01 Å². The Morgan fingerprint density at radius 1 is 1.85 bits per heavy atom. The van der Waals surface area contributed by atoms with Gasteiger partial charge in [-0.05, 0) is 6.42 Å². The normalized spacial score (nSPS) is 21.8. The maximum atomic E-state index is 11.3. The molecular formula is C8H12N2O3. The first kappa shape index (κ1) is 9.73. The molecule has 0 spiro atoms. The van der Waals surface area contributed by atoms with Crippen molar-refractivity contribution in [2.45, 2.75) is 13.3 Å². The van der Waals surface area contributed by atoms with Crippen molar-refractivity contribution in [1.29, 1.82) is 0 Å². The minimum atomic E-state index is -0.477. The van der Waals surface area contributed by atoms with Crippen LogP contribution in [0.4, 0.5) is 0 Å². The summed E-state index contributed by atoms with van der Waals surface area (Å²) in [5, 5.41) is 1.27. The lowest BCUT2D eigenvalue weighted by Gasteiger charge is -2.15. The van der Waals surface area contributed by atoms with Crippen LogP contribution < -0.4 is 5.59 Å². The van der Waals surface area contributed by atoms with Crippen LogP contribution in [0.5, 0.6) is 0 Å². The van der Waals surface area contributed by atoms with Crippen molar-refractivity contribution in [2.24, 2.45) is 5.92 Å². The predicted octanol–water partition coefficient (Wildman–Crippen LogP) is 0.00360. The number of carbonyl (C=O) groups excluding carboxylic acids is 2. The maximum Gasteiger partial charge on any atom is 0.324 e. The van der Waals surface area contributed by atoms with E-state index >= 15 is 0 Å². The zero-order chi connectivity index (χ0) is 9.84. The number of amides is 1. The number of hydrazine groups is 1. The molecule has 1 aliphatic rings. The Bertz CT molecular complexity index is 240. The standard InChI is InChI=1S/C8H12N2O3/c1-3-7-4-5-10(8(7)12)9-13-6(2)11/h3,7,9H,1,4-5H2,2H3. The molecule has 1 N–H and O–H groups in total. The molecule has 0 aliphatic carbocycles. The molecule has 72 valence electrons. The zero-order valence-corrected chi connectivity index (χ0v) is 7.45. The average molecular weight is 184 g/mol. The molecule has 1 heterocycles. The summed E-state index contributed by atoms with van der Waals surface area (Å²) in [6, 6.07) is 0. The first-order valence-corrected chi connectivity index (χ1v) is 4.02. The summed E-state index contributed by atoms with van der Waals surface area (Å²) in [5.41, 5.74) is 2.28. The van der Waals surface area contributed by atoms with Gasteiger partial charge in [0.15, 0.2) is 0 Å². The highest BCUT2D eigenvalue weighted by Gasteiger charge is 2.29. The number of nitrogens with one attached hydrogen (secondary N) is 1. The van der Waals surface area contributed by atoms with Gasteiger partial charge in [-0.3, -0.25) is 9.59 Å². The predicted molar refractivity (Wildman–Crippen MR) is 44.9 cm³/mol. The molecule has 0 aromatic carbocycles. The van der Waals surface area contributed by atoms with Crippen LogP contribution in [-0.4, -0.2) is 23.4 Å². The summed E-state index contributed by atoms with van der Waals surface area (Å²) in [7, 11) is 0. The smallest absolute Gasteiger partial charge is 0.324 e. The highest BCUT2D eigenvalue weighted by molar-refractivity contribution is 5.82. The summed E-state index contributed by atoms with van der Waals surface area (Å²) < 4.78 is 0. The molecule has 13 heavy (non-hydrogen) atoms. The fourth-order valence-electron chi connectivity index (χ4n) is 1.13. The topological polar surface area (TPSA) is 58.6 Å². The molecule has 1 unspecified atom stereocenters. The van der Waals surface area contributed by atoms with Gasteiger partial charge >= 0.3 is 5.97 Å². The van der Waals surface area contributed by atoms with Gasteiger partial charge in [0, 0.05) is 13.5 Å². The molecule has 1 rings (SSSR count).